The first-order valence-corrected chi connectivity index (χ1v) is 7.91. The molecular weight excluding hydrogens is 286 g/mol. The molecule has 2 aromatic rings. The summed E-state index contributed by atoms with van der Waals surface area (Å²) >= 11 is 1.43. The Balaban J connectivity index is 1.51. The second kappa shape index (κ2) is 5.07. The maximum absolute atomic E-state index is 12.6. The molecule has 6 nitrogen and oxygen atoms in total. The number of amides is 1. The third-order valence-electron chi connectivity index (χ3n) is 4.29. The van der Waals surface area contributed by atoms with Crippen molar-refractivity contribution in [3.05, 3.63) is 29.2 Å². The Kier molecular flexibility index (Phi) is 3.07. The normalized spacial score (nSPS) is 24.3. The average molecular weight is 301 g/mol. The Bertz CT molecular complexity index is 661. The Morgan fingerprint density at radius 2 is 2.00 bits per heavy atom. The van der Waals surface area contributed by atoms with E-state index in [1.165, 1.54) is 11.3 Å². The maximum atomic E-state index is 12.6. The number of nitrogens with zero attached hydrogens (tertiary/aromatic N) is 4. The molecule has 0 spiro atoms. The third-order valence-corrected chi connectivity index (χ3v) is 5.36. The Hall–Kier alpha value is -2.02. The number of aromatic nitrogens is 4. The highest BCUT2D eigenvalue weighted by molar-refractivity contribution is 7.17. The quantitative estimate of drug-likeness (QED) is 0.861. The van der Waals surface area contributed by atoms with Gasteiger partial charge in [-0.1, -0.05) is 12.2 Å². The van der Waals surface area contributed by atoms with E-state index in [9.17, 15) is 4.79 Å². The summed E-state index contributed by atoms with van der Waals surface area (Å²) in [6.07, 6.45) is 6.70. The molecule has 0 bridgehead atoms. The minimum atomic E-state index is 0.129. The topological polar surface area (TPSA) is 74.8 Å². The number of aromatic amines is 1. The summed E-state index contributed by atoms with van der Waals surface area (Å²) in [7, 11) is 0. The van der Waals surface area contributed by atoms with E-state index in [2.05, 4.69) is 32.8 Å². The zero-order chi connectivity index (χ0) is 14.2. The Morgan fingerprint density at radius 1 is 1.24 bits per heavy atom. The van der Waals surface area contributed by atoms with E-state index in [1.807, 2.05) is 17.0 Å². The van der Waals surface area contributed by atoms with Crippen LogP contribution >= 0.6 is 11.3 Å². The highest BCUT2D eigenvalue weighted by Crippen LogP contribution is 2.34. The zero-order valence-electron chi connectivity index (χ0n) is 11.4. The van der Waals surface area contributed by atoms with Crippen molar-refractivity contribution in [2.75, 3.05) is 13.1 Å². The fraction of sp³-hybridized carbons (Fsp3) is 0.429. The van der Waals surface area contributed by atoms with E-state index in [0.29, 0.717) is 17.7 Å². The van der Waals surface area contributed by atoms with E-state index >= 15 is 0 Å². The van der Waals surface area contributed by atoms with Gasteiger partial charge in [0, 0.05) is 13.1 Å². The first kappa shape index (κ1) is 12.7. The van der Waals surface area contributed by atoms with Gasteiger partial charge in [0.2, 0.25) is 5.82 Å². The molecule has 0 aromatic carbocycles. The molecule has 3 heterocycles. The fourth-order valence-corrected chi connectivity index (χ4v) is 4.08. The SMILES string of the molecule is O=C(c1ccc(-c2nn[nH]n2)s1)N1C[C@H]2CC=CC[C@H]2C1. The van der Waals surface area contributed by atoms with Crippen molar-refractivity contribution >= 4 is 17.2 Å². The number of carbonyl (C=O) groups is 1. The lowest BCUT2D eigenvalue weighted by Crippen LogP contribution is -2.28. The second-order valence-electron chi connectivity index (χ2n) is 5.57. The van der Waals surface area contributed by atoms with Gasteiger partial charge < -0.3 is 4.90 Å². The summed E-state index contributed by atoms with van der Waals surface area (Å²) < 4.78 is 0. The molecule has 0 radical (unpaired) electrons. The van der Waals surface area contributed by atoms with Crippen molar-refractivity contribution in [2.45, 2.75) is 12.8 Å². The number of nitrogens with one attached hydrogen (secondary N) is 1. The van der Waals surface area contributed by atoms with Crippen molar-refractivity contribution in [3.8, 4) is 10.7 Å². The predicted molar refractivity (Wildman–Crippen MR) is 78.7 cm³/mol. The van der Waals surface area contributed by atoms with Gasteiger partial charge in [-0.15, -0.1) is 21.5 Å². The van der Waals surface area contributed by atoms with Gasteiger partial charge in [-0.25, -0.2) is 0 Å². The van der Waals surface area contributed by atoms with E-state index in [1.54, 1.807) is 0 Å². The number of hydrogen-bond donors (Lipinski definition) is 1. The van der Waals surface area contributed by atoms with Crippen LogP contribution in [0.3, 0.4) is 0 Å². The lowest BCUT2D eigenvalue weighted by molar-refractivity contribution is 0.0789. The largest absolute Gasteiger partial charge is 0.337 e. The van der Waals surface area contributed by atoms with Crippen LogP contribution in [0.2, 0.25) is 0 Å². The minimum absolute atomic E-state index is 0.129. The molecule has 2 aromatic heterocycles. The number of fused-ring (bicyclic) bond motifs is 1. The highest BCUT2D eigenvalue weighted by atomic mass is 32.1. The lowest BCUT2D eigenvalue weighted by Gasteiger charge is -2.17. The number of thiophene rings is 1. The lowest BCUT2D eigenvalue weighted by atomic mass is 9.86. The van der Waals surface area contributed by atoms with Crippen LogP contribution in [0, 0.1) is 11.8 Å². The van der Waals surface area contributed by atoms with Crippen molar-refractivity contribution < 1.29 is 4.79 Å². The average Bonchev–Trinajstić information content (AvgIpc) is 3.24. The van der Waals surface area contributed by atoms with Crippen LogP contribution < -0.4 is 0 Å². The molecule has 108 valence electrons. The Labute approximate surface area is 125 Å². The number of H-pyrrole nitrogens is 1. The fourth-order valence-electron chi connectivity index (χ4n) is 3.18. The van der Waals surface area contributed by atoms with Crippen LogP contribution in [0.15, 0.2) is 24.3 Å². The minimum Gasteiger partial charge on any atom is -0.337 e. The van der Waals surface area contributed by atoms with Gasteiger partial charge >= 0.3 is 0 Å². The highest BCUT2D eigenvalue weighted by Gasteiger charge is 2.35. The molecule has 1 aliphatic heterocycles. The molecule has 1 amide bonds. The standard InChI is InChI=1S/C14H15N5OS/c20-14(19-7-9-3-1-2-4-10(9)8-19)12-6-5-11(21-12)13-15-17-18-16-13/h1-2,5-6,9-10H,3-4,7-8H2,(H,15,16,17,18)/t9-,10+. The van der Waals surface area contributed by atoms with Gasteiger partial charge in [-0.2, -0.15) is 5.21 Å². The molecule has 2 atom stereocenters. The van der Waals surface area contributed by atoms with Crippen molar-refractivity contribution in [3.63, 3.8) is 0 Å². The van der Waals surface area contributed by atoms with E-state index < -0.39 is 0 Å². The van der Waals surface area contributed by atoms with E-state index in [-0.39, 0.29) is 5.91 Å². The molecule has 7 heteroatoms. The zero-order valence-corrected chi connectivity index (χ0v) is 12.2. The molecule has 1 saturated heterocycles. The summed E-state index contributed by atoms with van der Waals surface area (Å²) in [4.78, 5) is 16.2. The van der Waals surface area contributed by atoms with Gasteiger partial charge in [0.1, 0.15) is 0 Å². The van der Waals surface area contributed by atoms with E-state index in [4.69, 9.17) is 0 Å². The molecule has 21 heavy (non-hydrogen) atoms. The van der Waals surface area contributed by atoms with Gasteiger partial charge in [0.05, 0.1) is 9.75 Å². The Morgan fingerprint density at radius 3 is 2.67 bits per heavy atom. The van der Waals surface area contributed by atoms with Gasteiger partial charge in [-0.3, -0.25) is 4.79 Å². The predicted octanol–water partition coefficient (Wildman–Crippen LogP) is 1.97. The monoisotopic (exact) mass is 301 g/mol. The van der Waals surface area contributed by atoms with Crippen molar-refractivity contribution in [2.24, 2.45) is 11.8 Å². The summed E-state index contributed by atoms with van der Waals surface area (Å²) in [5.41, 5.74) is 0. The maximum Gasteiger partial charge on any atom is 0.263 e. The summed E-state index contributed by atoms with van der Waals surface area (Å²) in [6.45, 7) is 1.76. The number of allylic oxidation sites excluding steroid dienone is 2. The number of carbonyl (C=O) groups excluding carboxylic acids is 1. The van der Waals surface area contributed by atoms with Crippen LogP contribution in [0.25, 0.3) is 10.7 Å². The molecular formula is C14H15N5OS. The molecule has 1 fully saturated rings. The summed E-state index contributed by atoms with van der Waals surface area (Å²) in [5, 5.41) is 13.9. The van der Waals surface area contributed by atoms with E-state index in [0.717, 1.165) is 35.7 Å². The van der Waals surface area contributed by atoms with Gasteiger partial charge in [0.15, 0.2) is 0 Å². The molecule has 1 N–H and O–H groups in total. The molecule has 1 aliphatic carbocycles. The first-order valence-electron chi connectivity index (χ1n) is 7.09. The second-order valence-corrected chi connectivity index (χ2v) is 6.66. The molecule has 0 unspecified atom stereocenters. The molecule has 2 aliphatic rings. The summed E-state index contributed by atoms with van der Waals surface area (Å²) in [6, 6.07) is 3.74. The molecule has 0 saturated carbocycles. The number of tetrazole rings is 1. The van der Waals surface area contributed by atoms with Crippen LogP contribution in [0.4, 0.5) is 0 Å². The van der Waals surface area contributed by atoms with Crippen LogP contribution in [-0.2, 0) is 0 Å². The third kappa shape index (κ3) is 2.27. The number of hydrogen-bond acceptors (Lipinski definition) is 5. The number of rotatable bonds is 2. The smallest absolute Gasteiger partial charge is 0.263 e. The van der Waals surface area contributed by atoms with Gasteiger partial charge in [-0.05, 0) is 42.0 Å². The van der Waals surface area contributed by atoms with Crippen LogP contribution in [0.5, 0.6) is 0 Å². The van der Waals surface area contributed by atoms with Crippen molar-refractivity contribution in [1.29, 1.82) is 0 Å². The van der Waals surface area contributed by atoms with Gasteiger partial charge in [0.25, 0.3) is 5.91 Å². The van der Waals surface area contributed by atoms with Crippen LogP contribution in [0.1, 0.15) is 22.5 Å². The summed E-state index contributed by atoms with van der Waals surface area (Å²) in [5.74, 6) is 1.94. The van der Waals surface area contributed by atoms with Crippen LogP contribution in [-0.4, -0.2) is 44.5 Å². The number of likely N-dealkylation sites (tertiary alicyclic amines) is 1. The molecule has 4 rings (SSSR count). The van der Waals surface area contributed by atoms with Crippen molar-refractivity contribution in [1.82, 2.24) is 25.5 Å². The first-order chi connectivity index (χ1) is 10.3.